The summed E-state index contributed by atoms with van der Waals surface area (Å²) in [6, 6.07) is 1.83. The van der Waals surface area contributed by atoms with Crippen molar-refractivity contribution in [2.75, 3.05) is 45.9 Å². The van der Waals surface area contributed by atoms with Crippen LogP contribution < -0.4 is 19.1 Å². The van der Waals surface area contributed by atoms with Crippen molar-refractivity contribution in [3.63, 3.8) is 0 Å². The molecule has 1 heterocycles. The number of aromatic nitrogens is 2. The highest BCUT2D eigenvalue weighted by Gasteiger charge is 2.20. The zero-order valence-corrected chi connectivity index (χ0v) is 13.3. The van der Waals surface area contributed by atoms with E-state index in [-0.39, 0.29) is 6.61 Å². The van der Waals surface area contributed by atoms with E-state index in [0.29, 0.717) is 35.9 Å². The lowest BCUT2D eigenvalue weighted by molar-refractivity contribution is 0.302. The third kappa shape index (κ3) is 2.71. The number of ether oxygens (including phenoxy) is 3. The van der Waals surface area contributed by atoms with E-state index < -0.39 is 0 Å². The molecule has 0 aliphatic rings. The number of aliphatic hydroxyl groups excluding tert-OH is 1. The minimum Gasteiger partial charge on any atom is -0.493 e. The molecule has 2 aromatic rings. The van der Waals surface area contributed by atoms with Gasteiger partial charge < -0.3 is 24.2 Å². The van der Waals surface area contributed by atoms with E-state index in [2.05, 4.69) is 9.97 Å². The first-order valence-corrected chi connectivity index (χ1v) is 7.01. The van der Waals surface area contributed by atoms with E-state index in [4.69, 9.17) is 14.2 Å². The van der Waals surface area contributed by atoms with Crippen LogP contribution in [0.3, 0.4) is 0 Å². The molecule has 0 unspecified atom stereocenters. The third-order valence-electron chi connectivity index (χ3n) is 3.46. The maximum Gasteiger partial charge on any atom is 0.205 e. The fourth-order valence-corrected chi connectivity index (χ4v) is 2.44. The molecule has 7 heteroatoms. The summed E-state index contributed by atoms with van der Waals surface area (Å²) in [4.78, 5) is 10.6. The summed E-state index contributed by atoms with van der Waals surface area (Å²) in [7, 11) is 4.68. The van der Waals surface area contributed by atoms with Crippen molar-refractivity contribution >= 4 is 16.7 Å². The van der Waals surface area contributed by atoms with Gasteiger partial charge in [0.25, 0.3) is 0 Å². The van der Waals surface area contributed by atoms with Gasteiger partial charge in [-0.3, -0.25) is 0 Å². The van der Waals surface area contributed by atoms with Crippen molar-refractivity contribution in [2.24, 2.45) is 0 Å². The number of anilines is 1. The van der Waals surface area contributed by atoms with Gasteiger partial charge in [-0.2, -0.15) is 0 Å². The molecule has 0 spiro atoms. The quantitative estimate of drug-likeness (QED) is 0.830. The van der Waals surface area contributed by atoms with Gasteiger partial charge in [-0.05, 0) is 13.0 Å². The van der Waals surface area contributed by atoms with Crippen LogP contribution in [0.4, 0.5) is 5.82 Å². The molecule has 0 atom stereocenters. The molecule has 2 rings (SSSR count). The van der Waals surface area contributed by atoms with Crippen molar-refractivity contribution in [2.45, 2.75) is 6.92 Å². The van der Waals surface area contributed by atoms with E-state index in [9.17, 15) is 5.11 Å². The van der Waals surface area contributed by atoms with Gasteiger partial charge in [-0.15, -0.1) is 0 Å². The normalized spacial score (nSPS) is 10.6. The van der Waals surface area contributed by atoms with E-state index in [1.54, 1.807) is 21.3 Å². The summed E-state index contributed by atoms with van der Waals surface area (Å²) in [6.07, 6.45) is 1.48. The average molecular weight is 307 g/mol. The summed E-state index contributed by atoms with van der Waals surface area (Å²) >= 11 is 0. The third-order valence-corrected chi connectivity index (χ3v) is 3.46. The maximum absolute atomic E-state index is 9.23. The van der Waals surface area contributed by atoms with Crippen molar-refractivity contribution in [3.8, 4) is 17.2 Å². The van der Waals surface area contributed by atoms with E-state index in [1.807, 2.05) is 17.9 Å². The van der Waals surface area contributed by atoms with Crippen molar-refractivity contribution in [1.29, 1.82) is 0 Å². The molecule has 0 aliphatic carbocycles. The number of methoxy groups -OCH3 is 3. The summed E-state index contributed by atoms with van der Waals surface area (Å²) < 4.78 is 16.2. The smallest absolute Gasteiger partial charge is 0.205 e. The van der Waals surface area contributed by atoms with E-state index in [1.165, 1.54) is 6.33 Å². The Bertz CT molecular complexity index is 648. The molecule has 0 bridgehead atoms. The molecule has 22 heavy (non-hydrogen) atoms. The van der Waals surface area contributed by atoms with Gasteiger partial charge in [-0.1, -0.05) is 0 Å². The van der Waals surface area contributed by atoms with Gasteiger partial charge in [0.15, 0.2) is 11.5 Å². The number of nitrogens with zero attached hydrogens (tertiary/aromatic N) is 3. The van der Waals surface area contributed by atoms with Crippen LogP contribution in [0.25, 0.3) is 10.9 Å². The van der Waals surface area contributed by atoms with Crippen LogP contribution in [-0.2, 0) is 0 Å². The number of rotatable bonds is 7. The molecule has 1 aromatic carbocycles. The Morgan fingerprint density at radius 2 is 1.82 bits per heavy atom. The fraction of sp³-hybridized carbons (Fsp3) is 0.467. The topological polar surface area (TPSA) is 76.9 Å². The Balaban J connectivity index is 2.76. The van der Waals surface area contributed by atoms with E-state index >= 15 is 0 Å². The summed E-state index contributed by atoms with van der Waals surface area (Å²) in [5, 5.41) is 10.0. The number of hydrogen-bond donors (Lipinski definition) is 1. The lowest BCUT2D eigenvalue weighted by Gasteiger charge is -2.23. The first kappa shape index (κ1) is 16.1. The van der Waals surface area contributed by atoms with Gasteiger partial charge >= 0.3 is 0 Å². The number of benzene rings is 1. The van der Waals surface area contributed by atoms with Crippen molar-refractivity contribution < 1.29 is 19.3 Å². The standard InChI is InChI=1S/C15H21N3O4/c1-5-18(6-7-19)15-10-8-11(20-2)13(21-3)14(22-4)12(10)16-9-17-15/h8-9,19H,5-7H2,1-4H3. The van der Waals surface area contributed by atoms with Crippen LogP contribution in [-0.4, -0.2) is 56.1 Å². The molecule has 0 aliphatic heterocycles. The summed E-state index contributed by atoms with van der Waals surface area (Å²) in [5.74, 6) is 2.26. The molecule has 0 fully saturated rings. The Labute approximate surface area is 129 Å². The monoisotopic (exact) mass is 307 g/mol. The molecule has 1 aromatic heterocycles. The van der Waals surface area contributed by atoms with Crippen LogP contribution >= 0.6 is 0 Å². The molecule has 1 N–H and O–H groups in total. The van der Waals surface area contributed by atoms with Crippen LogP contribution in [0, 0.1) is 0 Å². The number of fused-ring (bicyclic) bond motifs is 1. The largest absolute Gasteiger partial charge is 0.493 e. The second kappa shape index (κ2) is 7.13. The predicted octanol–water partition coefficient (Wildman–Crippen LogP) is 1.47. The molecule has 0 saturated carbocycles. The van der Waals surface area contributed by atoms with Crippen LogP contribution in [0.5, 0.6) is 17.2 Å². The van der Waals surface area contributed by atoms with Crippen LogP contribution in [0.15, 0.2) is 12.4 Å². The minimum absolute atomic E-state index is 0.0454. The highest BCUT2D eigenvalue weighted by atomic mass is 16.5. The SMILES string of the molecule is CCN(CCO)c1ncnc2c(OC)c(OC)c(OC)cc12. The molecule has 0 radical (unpaired) electrons. The second-order valence-electron chi connectivity index (χ2n) is 4.54. The number of hydrogen-bond acceptors (Lipinski definition) is 7. The molecular formula is C15H21N3O4. The van der Waals surface area contributed by atoms with Crippen molar-refractivity contribution in [1.82, 2.24) is 9.97 Å². The lowest BCUT2D eigenvalue weighted by atomic mass is 10.1. The van der Waals surface area contributed by atoms with Gasteiger partial charge in [0, 0.05) is 13.1 Å². The lowest BCUT2D eigenvalue weighted by Crippen LogP contribution is -2.27. The molecule has 0 saturated heterocycles. The Morgan fingerprint density at radius 1 is 1.09 bits per heavy atom. The first-order chi connectivity index (χ1) is 10.7. The zero-order valence-electron chi connectivity index (χ0n) is 13.3. The molecule has 7 nitrogen and oxygen atoms in total. The van der Waals surface area contributed by atoms with Crippen LogP contribution in [0.2, 0.25) is 0 Å². The predicted molar refractivity (Wildman–Crippen MR) is 84.2 cm³/mol. The van der Waals surface area contributed by atoms with Gasteiger partial charge in [-0.25, -0.2) is 9.97 Å². The minimum atomic E-state index is 0.0454. The highest BCUT2D eigenvalue weighted by Crippen LogP contribution is 2.44. The van der Waals surface area contributed by atoms with Crippen LogP contribution in [0.1, 0.15) is 6.92 Å². The Hall–Kier alpha value is -2.28. The molecule has 120 valence electrons. The van der Waals surface area contributed by atoms with E-state index in [0.717, 1.165) is 11.2 Å². The molecule has 0 amide bonds. The van der Waals surface area contributed by atoms with Gasteiger partial charge in [0.2, 0.25) is 5.75 Å². The van der Waals surface area contributed by atoms with Gasteiger partial charge in [0.05, 0.1) is 33.3 Å². The Kier molecular flexibility index (Phi) is 5.21. The summed E-state index contributed by atoms with van der Waals surface area (Å²) in [6.45, 7) is 3.24. The maximum atomic E-state index is 9.23. The summed E-state index contributed by atoms with van der Waals surface area (Å²) in [5.41, 5.74) is 0.640. The second-order valence-corrected chi connectivity index (χ2v) is 4.54. The first-order valence-electron chi connectivity index (χ1n) is 7.01. The van der Waals surface area contributed by atoms with Crippen molar-refractivity contribution in [3.05, 3.63) is 12.4 Å². The average Bonchev–Trinajstić information content (AvgIpc) is 2.57. The zero-order chi connectivity index (χ0) is 16.1. The van der Waals surface area contributed by atoms with Gasteiger partial charge in [0.1, 0.15) is 17.7 Å². The number of likely N-dealkylation sites (N-methyl/N-ethyl adjacent to an activating group) is 1. The number of aliphatic hydroxyl groups is 1. The highest BCUT2D eigenvalue weighted by molar-refractivity contribution is 5.97. The fourth-order valence-electron chi connectivity index (χ4n) is 2.44. The molecular weight excluding hydrogens is 286 g/mol. The Morgan fingerprint density at radius 3 is 2.36 bits per heavy atom.